The molecular weight excluding hydrogens is 373 g/mol. The topological polar surface area (TPSA) is 72.8 Å². The van der Waals surface area contributed by atoms with Gasteiger partial charge in [-0.2, -0.15) is 21.6 Å². The lowest BCUT2D eigenvalue weighted by Gasteiger charge is -2.26. The van der Waals surface area contributed by atoms with Gasteiger partial charge in [0, 0.05) is 0 Å². The van der Waals surface area contributed by atoms with E-state index in [0.29, 0.717) is 0 Å². The molecular formula is C17H17F3O5S. The van der Waals surface area contributed by atoms with Crippen LogP contribution in [0.1, 0.15) is 22.8 Å². The largest absolute Gasteiger partial charge is 0.522 e. The van der Waals surface area contributed by atoms with Crippen molar-refractivity contribution in [1.29, 1.82) is 0 Å². The van der Waals surface area contributed by atoms with Gasteiger partial charge in [-0.25, -0.2) is 0 Å². The fraction of sp³-hybridized carbons (Fsp3) is 0.294. The third-order valence-corrected chi connectivity index (χ3v) is 4.27. The van der Waals surface area contributed by atoms with Gasteiger partial charge < -0.3 is 9.47 Å². The molecule has 26 heavy (non-hydrogen) atoms. The first kappa shape index (κ1) is 20.2. The molecule has 142 valence electrons. The van der Waals surface area contributed by atoms with Crippen LogP contribution >= 0.6 is 0 Å². The lowest BCUT2D eigenvalue weighted by molar-refractivity contribution is -0.0510. The zero-order chi connectivity index (χ0) is 19.4. The molecule has 0 saturated heterocycles. The molecule has 0 aromatic heterocycles. The van der Waals surface area contributed by atoms with Gasteiger partial charge in [0.2, 0.25) is 0 Å². The van der Waals surface area contributed by atoms with E-state index in [-0.39, 0.29) is 6.10 Å². The molecule has 1 atom stereocenters. The van der Waals surface area contributed by atoms with Gasteiger partial charge >= 0.3 is 15.6 Å². The summed E-state index contributed by atoms with van der Waals surface area (Å²) in [5, 5.41) is 0. The van der Waals surface area contributed by atoms with Gasteiger partial charge in [0.15, 0.2) is 0 Å². The van der Waals surface area contributed by atoms with Gasteiger partial charge in [0.05, 0.1) is 13.7 Å². The Hall–Kier alpha value is -2.10. The van der Waals surface area contributed by atoms with E-state index in [2.05, 4.69) is 30.3 Å². The normalized spacial score (nSPS) is 16.9. The molecule has 0 amide bonds. The maximum absolute atomic E-state index is 10.7. The van der Waals surface area contributed by atoms with Crippen LogP contribution in [0.4, 0.5) is 13.2 Å². The highest BCUT2D eigenvalue weighted by atomic mass is 32.2. The number of ether oxygens (including phenoxy) is 2. The summed E-state index contributed by atoms with van der Waals surface area (Å²) in [4.78, 5) is 0. The van der Waals surface area contributed by atoms with Crippen LogP contribution < -0.4 is 4.74 Å². The molecule has 2 aromatic rings. The molecule has 0 saturated carbocycles. The summed E-state index contributed by atoms with van der Waals surface area (Å²) in [6, 6.07) is 16.6. The van der Waals surface area contributed by atoms with Crippen LogP contribution in [0.2, 0.25) is 0 Å². The van der Waals surface area contributed by atoms with Crippen molar-refractivity contribution in [3.8, 4) is 5.75 Å². The number of alkyl halides is 3. The van der Waals surface area contributed by atoms with E-state index < -0.39 is 15.6 Å². The number of halogens is 3. The Kier molecular flexibility index (Phi) is 6.27. The third-order valence-electron chi connectivity index (χ3n) is 3.68. The van der Waals surface area contributed by atoms with Crippen LogP contribution in [0, 0.1) is 0 Å². The van der Waals surface area contributed by atoms with Crippen molar-refractivity contribution in [3.63, 3.8) is 0 Å². The Morgan fingerprint density at radius 1 is 1.15 bits per heavy atom. The van der Waals surface area contributed by atoms with E-state index >= 15 is 0 Å². The van der Waals surface area contributed by atoms with Gasteiger partial charge in [0.25, 0.3) is 0 Å². The quantitative estimate of drug-likeness (QED) is 0.625. The molecule has 1 heterocycles. The predicted octanol–water partition coefficient (Wildman–Crippen LogP) is 3.75. The fourth-order valence-electron chi connectivity index (χ4n) is 2.47. The molecule has 2 aromatic carbocycles. The molecule has 0 bridgehead atoms. The van der Waals surface area contributed by atoms with Crippen molar-refractivity contribution in [2.45, 2.75) is 18.0 Å². The van der Waals surface area contributed by atoms with Crippen molar-refractivity contribution >= 4 is 10.1 Å². The van der Waals surface area contributed by atoms with Crippen LogP contribution in [0.15, 0.2) is 48.5 Å². The maximum atomic E-state index is 10.7. The van der Waals surface area contributed by atoms with Crippen molar-refractivity contribution in [3.05, 3.63) is 65.2 Å². The lowest BCUT2D eigenvalue weighted by atomic mass is 9.93. The number of hydrogen-bond acceptors (Lipinski definition) is 4. The lowest BCUT2D eigenvalue weighted by Crippen LogP contribution is -2.21. The van der Waals surface area contributed by atoms with Gasteiger partial charge in [-0.15, -0.1) is 0 Å². The number of methoxy groups -OCH3 is 1. The molecule has 0 spiro atoms. The first-order valence-corrected chi connectivity index (χ1v) is 8.94. The Labute approximate surface area is 149 Å². The van der Waals surface area contributed by atoms with Crippen molar-refractivity contribution < 1.29 is 35.6 Å². The van der Waals surface area contributed by atoms with E-state index in [0.717, 1.165) is 24.3 Å². The Morgan fingerprint density at radius 2 is 1.81 bits per heavy atom. The number of rotatable bonds is 2. The smallest absolute Gasteiger partial charge is 0.497 e. The van der Waals surface area contributed by atoms with Crippen molar-refractivity contribution in [1.82, 2.24) is 0 Å². The highest BCUT2D eigenvalue weighted by Gasteiger charge is 2.44. The molecule has 1 aliphatic heterocycles. The van der Waals surface area contributed by atoms with Crippen molar-refractivity contribution in [2.75, 3.05) is 13.7 Å². The zero-order valence-electron chi connectivity index (χ0n) is 13.7. The van der Waals surface area contributed by atoms with E-state index in [1.807, 2.05) is 18.2 Å². The van der Waals surface area contributed by atoms with Crippen LogP contribution in [0.25, 0.3) is 0 Å². The highest BCUT2D eigenvalue weighted by molar-refractivity contribution is 7.86. The Bertz CT molecular complexity index is 849. The second-order valence-electron chi connectivity index (χ2n) is 5.40. The van der Waals surface area contributed by atoms with Gasteiger partial charge in [-0.05, 0) is 35.2 Å². The van der Waals surface area contributed by atoms with Gasteiger partial charge in [-0.1, -0.05) is 36.4 Å². The SMILES string of the molecule is COc1cccc(C2OCCc3ccccc32)c1.O=S(=O)(O)C(F)(F)F. The first-order chi connectivity index (χ1) is 12.1. The summed E-state index contributed by atoms with van der Waals surface area (Å²) >= 11 is 0. The van der Waals surface area contributed by atoms with Crippen LogP contribution in [-0.2, 0) is 21.3 Å². The number of hydrogen-bond donors (Lipinski definition) is 1. The van der Waals surface area contributed by atoms with E-state index in [9.17, 15) is 13.2 Å². The summed E-state index contributed by atoms with van der Waals surface area (Å²) in [5.41, 5.74) is -1.72. The molecule has 0 fully saturated rings. The first-order valence-electron chi connectivity index (χ1n) is 7.50. The van der Waals surface area contributed by atoms with Crippen LogP contribution in [-0.4, -0.2) is 32.2 Å². The molecule has 9 heteroatoms. The van der Waals surface area contributed by atoms with E-state index in [1.165, 1.54) is 11.1 Å². The number of benzene rings is 2. The fourth-order valence-corrected chi connectivity index (χ4v) is 2.47. The van der Waals surface area contributed by atoms with Gasteiger partial charge in [0.1, 0.15) is 11.9 Å². The third kappa shape index (κ3) is 4.96. The van der Waals surface area contributed by atoms with E-state index in [1.54, 1.807) is 7.11 Å². The highest BCUT2D eigenvalue weighted by Crippen LogP contribution is 2.33. The Morgan fingerprint density at radius 3 is 2.42 bits per heavy atom. The molecule has 5 nitrogen and oxygen atoms in total. The summed E-state index contributed by atoms with van der Waals surface area (Å²) in [5.74, 6) is 0.874. The second kappa shape index (κ2) is 8.07. The zero-order valence-corrected chi connectivity index (χ0v) is 14.5. The molecule has 3 rings (SSSR count). The maximum Gasteiger partial charge on any atom is 0.522 e. The summed E-state index contributed by atoms with van der Waals surface area (Å²) in [6.45, 7) is 0.777. The molecule has 0 radical (unpaired) electrons. The minimum Gasteiger partial charge on any atom is -0.497 e. The summed E-state index contributed by atoms with van der Waals surface area (Å²) in [7, 11) is -4.15. The monoisotopic (exact) mass is 390 g/mol. The van der Waals surface area contributed by atoms with E-state index in [4.69, 9.17) is 22.4 Å². The van der Waals surface area contributed by atoms with Gasteiger partial charge in [-0.3, -0.25) is 4.55 Å². The molecule has 1 unspecified atom stereocenters. The standard InChI is InChI=1S/C16H16O2.CHF3O3S/c1-17-14-7-4-6-13(11-14)16-15-8-3-2-5-12(15)9-10-18-16;2-1(3,4)8(5,6)7/h2-8,11,16H,9-10H2,1H3;(H,5,6,7). The minimum atomic E-state index is -5.84. The van der Waals surface area contributed by atoms with Crippen molar-refractivity contribution in [2.24, 2.45) is 0 Å². The summed E-state index contributed by atoms with van der Waals surface area (Å²) in [6.07, 6.45) is 1.03. The summed E-state index contributed by atoms with van der Waals surface area (Å²) < 4.78 is 68.8. The number of fused-ring (bicyclic) bond motifs is 1. The molecule has 1 N–H and O–H groups in total. The predicted molar refractivity (Wildman–Crippen MR) is 88.5 cm³/mol. The van der Waals surface area contributed by atoms with Crippen LogP contribution in [0.3, 0.4) is 0 Å². The minimum absolute atomic E-state index is 0.0325. The average molecular weight is 390 g/mol. The average Bonchev–Trinajstić information content (AvgIpc) is 2.60. The Balaban J connectivity index is 0.000000260. The van der Waals surface area contributed by atoms with Crippen LogP contribution in [0.5, 0.6) is 5.75 Å². The molecule has 1 aliphatic rings. The molecule has 0 aliphatic carbocycles. The second-order valence-corrected chi connectivity index (χ2v) is 6.81.